The highest BCUT2D eigenvalue weighted by Crippen LogP contribution is 2.62. The highest BCUT2D eigenvalue weighted by molar-refractivity contribution is 5.92. The van der Waals surface area contributed by atoms with Crippen molar-refractivity contribution in [3.63, 3.8) is 0 Å². The van der Waals surface area contributed by atoms with E-state index in [4.69, 9.17) is 37.9 Å². The van der Waals surface area contributed by atoms with E-state index >= 15 is 0 Å². The molecule has 12 heteroatoms. The largest absolute Gasteiger partial charge is 0.456 e. The van der Waals surface area contributed by atoms with Crippen LogP contribution in [0.25, 0.3) is 44.5 Å². The molecule has 0 fully saturated rings. The van der Waals surface area contributed by atoms with Crippen molar-refractivity contribution in [2.75, 3.05) is 27.2 Å². The molecule has 0 radical (unpaired) electrons. The van der Waals surface area contributed by atoms with Crippen molar-refractivity contribution < 1.29 is 57.1 Å². The van der Waals surface area contributed by atoms with Crippen LogP contribution >= 0.6 is 0 Å². The second-order valence-corrected chi connectivity index (χ2v) is 28.0. The molecule has 0 spiro atoms. The van der Waals surface area contributed by atoms with Gasteiger partial charge in [-0.1, -0.05) is 229 Å². The predicted molar refractivity (Wildman–Crippen MR) is 394 cm³/mol. The Morgan fingerprint density at radius 3 is 0.630 bits per heavy atom. The number of hydrogen-bond donors (Lipinski definition) is 0. The molecule has 0 amide bonds. The quantitative estimate of drug-likeness (QED) is 0.0293. The summed E-state index contributed by atoms with van der Waals surface area (Å²) in [5.41, 5.74) is 15.7. The lowest BCUT2D eigenvalue weighted by Crippen LogP contribution is -2.24. The van der Waals surface area contributed by atoms with Crippen molar-refractivity contribution in [1.29, 1.82) is 0 Å². The van der Waals surface area contributed by atoms with Crippen LogP contribution in [0.15, 0.2) is 121 Å². The normalized spacial score (nSPS) is 16.6. The number of benzene rings is 8. The van der Waals surface area contributed by atoms with Crippen LogP contribution in [0, 0.1) is 0 Å². The summed E-state index contributed by atoms with van der Waals surface area (Å²) >= 11 is 0. The first-order valence-corrected chi connectivity index (χ1v) is 37.4. The monoisotopic (exact) mass is 1340 g/mol. The minimum absolute atomic E-state index is 0.216. The first kappa shape index (κ1) is 69.3. The zero-order chi connectivity index (χ0) is 68.9. The molecule has 8 aromatic rings. The summed E-state index contributed by atoms with van der Waals surface area (Å²) in [5.74, 6) is 3.33. The fourth-order valence-electron chi connectivity index (χ4n) is 16.5. The van der Waals surface area contributed by atoms with Gasteiger partial charge < -0.3 is 37.9 Å². The zero-order valence-electron chi connectivity index (χ0n) is 58.9. The van der Waals surface area contributed by atoms with E-state index in [0.29, 0.717) is 116 Å². The van der Waals surface area contributed by atoms with Crippen LogP contribution in [0.4, 0.5) is 0 Å². The van der Waals surface area contributed by atoms with Crippen LogP contribution in [-0.2, 0) is 0 Å². The average molecular weight is 1350 g/mol. The van der Waals surface area contributed by atoms with Gasteiger partial charge in [0, 0.05) is 90.4 Å². The number of ether oxygens (including phenoxy) is 8. The summed E-state index contributed by atoms with van der Waals surface area (Å²) in [7, 11) is 0. The molecule has 0 saturated carbocycles. The van der Waals surface area contributed by atoms with Gasteiger partial charge in [0.2, 0.25) is 27.2 Å². The van der Waals surface area contributed by atoms with Gasteiger partial charge in [-0.3, -0.25) is 19.2 Å². The van der Waals surface area contributed by atoms with Crippen molar-refractivity contribution >= 4 is 25.1 Å². The minimum atomic E-state index is -0.377. The Hall–Kier alpha value is -9.16. The summed E-state index contributed by atoms with van der Waals surface area (Å²) in [6, 6.07) is 40.6. The van der Waals surface area contributed by atoms with Crippen molar-refractivity contribution in [3.05, 3.63) is 188 Å². The summed E-state index contributed by atoms with van der Waals surface area (Å²) in [6.45, 7) is 8.14. The third kappa shape index (κ3) is 14.3. The average Bonchev–Trinajstić information content (AvgIpc) is 0.716. The van der Waals surface area contributed by atoms with Gasteiger partial charge in [-0.15, -0.1) is 0 Å². The van der Waals surface area contributed by atoms with E-state index in [-0.39, 0.29) is 50.8 Å². The highest BCUT2D eigenvalue weighted by atomic mass is 16.7. The summed E-state index contributed by atoms with van der Waals surface area (Å²) < 4.78 is 58.8. The Labute approximate surface area is 590 Å². The van der Waals surface area contributed by atoms with Gasteiger partial charge in [0.15, 0.2) is 0 Å². The van der Waals surface area contributed by atoms with E-state index < -0.39 is 0 Å². The molecule has 0 atom stereocenters. The molecule has 8 bridgehead atoms. The Kier molecular flexibility index (Phi) is 22.8. The molecule has 520 valence electrons. The molecule has 8 aromatic carbocycles. The van der Waals surface area contributed by atoms with Crippen LogP contribution in [0.3, 0.4) is 0 Å². The Bertz CT molecular complexity index is 3600. The second-order valence-electron chi connectivity index (χ2n) is 28.0. The van der Waals surface area contributed by atoms with Gasteiger partial charge in [-0.2, -0.15) is 0 Å². The lowest BCUT2D eigenvalue weighted by atomic mass is 9.73. The number of unbranched alkanes of at least 4 members (excludes halogenated alkanes) is 16. The highest BCUT2D eigenvalue weighted by Gasteiger charge is 2.43. The maximum atomic E-state index is 13.1. The van der Waals surface area contributed by atoms with E-state index in [1.54, 1.807) is 0 Å². The summed E-state index contributed by atoms with van der Waals surface area (Å²) in [4.78, 5) is 52.3. The van der Waals surface area contributed by atoms with E-state index in [1.807, 2.05) is 97.1 Å². The van der Waals surface area contributed by atoms with E-state index in [9.17, 15) is 19.2 Å². The molecule has 0 aromatic heterocycles. The first-order valence-electron chi connectivity index (χ1n) is 37.4. The van der Waals surface area contributed by atoms with E-state index in [2.05, 4.69) is 52.0 Å². The third-order valence-corrected chi connectivity index (χ3v) is 21.4. The van der Waals surface area contributed by atoms with Gasteiger partial charge in [0.1, 0.15) is 71.1 Å². The smallest absolute Gasteiger partial charge is 0.230 e. The van der Waals surface area contributed by atoms with Crippen LogP contribution in [0.5, 0.6) is 46.0 Å². The van der Waals surface area contributed by atoms with Crippen molar-refractivity contribution in [2.45, 2.75) is 205 Å². The molecule has 5 aliphatic rings. The number of aldehydes is 4. The topological polar surface area (TPSA) is 142 Å². The molecule has 4 heterocycles. The van der Waals surface area contributed by atoms with Crippen LogP contribution in [0.2, 0.25) is 0 Å². The van der Waals surface area contributed by atoms with Crippen molar-refractivity contribution in [2.24, 2.45) is 0 Å². The van der Waals surface area contributed by atoms with Gasteiger partial charge >= 0.3 is 0 Å². The van der Waals surface area contributed by atoms with E-state index in [0.717, 1.165) is 220 Å². The number of rotatable bonds is 32. The molecule has 0 N–H and O–H groups in total. The fraction of sp³-hybridized carbons (Fsp3) is 0.409. The SMILES string of the molecule is CCCCCCCC1c2cc3c4c(-c5cccc(C=O)c5)c2OCOc2c1cc1c(c2-c2cccc(C=O)c2)OCOc2c(cc5c(c2-c2cccc(C=O)c2)OCOc2c(cc(c(c2-c2cccc(C=O)c2)OCO4)C3CCCCCCC)C5CCCCCCC)C1CCCCCCC. The lowest BCUT2D eigenvalue weighted by Gasteiger charge is -2.38. The number of hydrogen-bond acceptors (Lipinski definition) is 12. The summed E-state index contributed by atoms with van der Waals surface area (Å²) in [6.07, 6.45) is 27.1. The summed E-state index contributed by atoms with van der Waals surface area (Å²) in [5, 5.41) is 0. The first-order chi connectivity index (χ1) is 49.3. The molecule has 13 rings (SSSR count). The Morgan fingerprint density at radius 1 is 0.260 bits per heavy atom. The molecular formula is C88H96O12. The van der Waals surface area contributed by atoms with Gasteiger partial charge in [-0.05, 0) is 96.5 Å². The second kappa shape index (κ2) is 32.9. The van der Waals surface area contributed by atoms with Gasteiger partial charge in [0.05, 0.1) is 22.3 Å². The van der Waals surface area contributed by atoms with Crippen molar-refractivity contribution in [3.8, 4) is 90.5 Å². The molecule has 0 saturated heterocycles. The number of carbonyl (C=O) groups excluding carboxylic acids is 4. The molecule has 100 heavy (non-hydrogen) atoms. The lowest BCUT2D eigenvalue weighted by molar-refractivity contribution is 0.100. The van der Waals surface area contributed by atoms with Crippen LogP contribution in [-0.4, -0.2) is 52.3 Å². The third-order valence-electron chi connectivity index (χ3n) is 21.4. The van der Waals surface area contributed by atoms with E-state index in [1.165, 1.54) is 0 Å². The number of carbonyl (C=O) groups is 4. The van der Waals surface area contributed by atoms with Gasteiger partial charge in [-0.25, -0.2) is 0 Å². The molecule has 12 nitrogen and oxygen atoms in total. The van der Waals surface area contributed by atoms with Crippen LogP contribution in [0.1, 0.15) is 291 Å². The maximum Gasteiger partial charge on any atom is 0.230 e. The fourth-order valence-corrected chi connectivity index (χ4v) is 16.5. The zero-order valence-corrected chi connectivity index (χ0v) is 58.9. The minimum Gasteiger partial charge on any atom is -0.456 e. The molecule has 0 unspecified atom stereocenters. The molecule has 1 aliphatic carbocycles. The van der Waals surface area contributed by atoms with Crippen molar-refractivity contribution in [1.82, 2.24) is 0 Å². The predicted octanol–water partition coefficient (Wildman–Crippen LogP) is 22.8. The molecule has 4 aliphatic heterocycles. The Balaban J connectivity index is 1.25. The van der Waals surface area contributed by atoms with Crippen LogP contribution < -0.4 is 37.9 Å². The standard InChI is InChI=1S/C88H96O12/c1-5-9-13-17-21-37-65-69-45-71-66(38-22-18-14-10-6-2)73-47-75-68(40-24-20-16-12-8-4)76-48-74-67(39-23-19-15-11-7-3)72-46-70(65)82-78(62-34-26-30-58(42-62)50-90)84(72)96-55-98-86(74)80(64-36-28-32-60(44-64)52-92)88(76)100-56-99-87(75)79(63-35-27-31-59(43-63)51-91)85(73)97-54-95-83(71)77(81(69)93-53-94-82)61-33-25-29-57(41-61)49-89/h25-36,41-52,65-68H,5-24,37-40,53-56H2,1-4H3. The maximum absolute atomic E-state index is 13.1. The molecular weight excluding hydrogens is 1250 g/mol. The van der Waals surface area contributed by atoms with Gasteiger partial charge in [0.25, 0.3) is 0 Å². The Morgan fingerprint density at radius 2 is 0.450 bits per heavy atom.